The van der Waals surface area contributed by atoms with E-state index in [-0.39, 0.29) is 23.7 Å². The van der Waals surface area contributed by atoms with Crippen molar-refractivity contribution in [1.29, 1.82) is 0 Å². The van der Waals surface area contributed by atoms with Crippen molar-refractivity contribution in [2.45, 2.75) is 6.54 Å². The molecule has 18 heavy (non-hydrogen) atoms. The van der Waals surface area contributed by atoms with Crippen LogP contribution in [-0.4, -0.2) is 16.0 Å². The maximum Gasteiger partial charge on any atom is 0.255 e. The number of rotatable bonds is 3. The lowest BCUT2D eigenvalue weighted by molar-refractivity contribution is 0.0948. The van der Waals surface area contributed by atoms with Crippen LogP contribution in [0, 0.1) is 5.82 Å². The molecule has 92 valence electrons. The second-order valence-electron chi connectivity index (χ2n) is 3.70. The summed E-state index contributed by atoms with van der Waals surface area (Å²) in [6.07, 6.45) is 2.62. The van der Waals surface area contributed by atoms with E-state index in [1.54, 1.807) is 12.1 Å². The molecule has 1 aromatic heterocycles. The summed E-state index contributed by atoms with van der Waals surface area (Å²) in [5.74, 6) is -0.898. The van der Waals surface area contributed by atoms with Gasteiger partial charge < -0.3 is 10.4 Å². The fourth-order valence-corrected chi connectivity index (χ4v) is 1.46. The molecule has 0 unspecified atom stereocenters. The van der Waals surface area contributed by atoms with Crippen LogP contribution < -0.4 is 5.32 Å². The van der Waals surface area contributed by atoms with Gasteiger partial charge in [0.05, 0.1) is 11.8 Å². The van der Waals surface area contributed by atoms with Gasteiger partial charge in [0, 0.05) is 12.7 Å². The lowest BCUT2D eigenvalue weighted by atomic mass is 10.2. The van der Waals surface area contributed by atoms with E-state index < -0.39 is 5.91 Å². The zero-order valence-electron chi connectivity index (χ0n) is 9.43. The molecule has 0 fully saturated rings. The van der Waals surface area contributed by atoms with Gasteiger partial charge in [0.1, 0.15) is 11.6 Å². The van der Waals surface area contributed by atoms with Gasteiger partial charge in [0.2, 0.25) is 0 Å². The molecule has 1 amide bonds. The third kappa shape index (κ3) is 2.82. The largest absolute Gasteiger partial charge is 0.505 e. The van der Waals surface area contributed by atoms with Crippen molar-refractivity contribution >= 4 is 5.91 Å². The minimum atomic E-state index is -0.403. The van der Waals surface area contributed by atoms with Crippen LogP contribution >= 0.6 is 0 Å². The monoisotopic (exact) mass is 246 g/mol. The molecule has 0 saturated carbocycles. The fourth-order valence-electron chi connectivity index (χ4n) is 1.46. The van der Waals surface area contributed by atoms with E-state index in [0.29, 0.717) is 0 Å². The maximum absolute atomic E-state index is 12.7. The van der Waals surface area contributed by atoms with Crippen molar-refractivity contribution in [3.8, 4) is 5.75 Å². The number of nitrogens with one attached hydrogen (secondary N) is 1. The van der Waals surface area contributed by atoms with Crippen LogP contribution in [0.15, 0.2) is 42.7 Å². The first-order chi connectivity index (χ1) is 8.66. The second kappa shape index (κ2) is 5.27. The van der Waals surface area contributed by atoms with Crippen molar-refractivity contribution in [3.05, 3.63) is 59.7 Å². The Hall–Kier alpha value is -2.43. The lowest BCUT2D eigenvalue weighted by Crippen LogP contribution is -2.22. The van der Waals surface area contributed by atoms with Crippen LogP contribution in [-0.2, 0) is 6.54 Å². The van der Waals surface area contributed by atoms with Crippen molar-refractivity contribution in [2.24, 2.45) is 0 Å². The summed E-state index contributed by atoms with van der Waals surface area (Å²) in [7, 11) is 0. The number of halogens is 1. The second-order valence-corrected chi connectivity index (χ2v) is 3.70. The molecule has 2 rings (SSSR count). The van der Waals surface area contributed by atoms with Crippen LogP contribution in [0.2, 0.25) is 0 Å². The highest BCUT2D eigenvalue weighted by Crippen LogP contribution is 2.13. The van der Waals surface area contributed by atoms with E-state index >= 15 is 0 Å². The van der Waals surface area contributed by atoms with Gasteiger partial charge in [-0.1, -0.05) is 12.1 Å². The molecule has 0 bridgehead atoms. The standard InChI is InChI=1S/C13H11FN2O2/c14-10-3-1-9(2-4-10)7-16-13(18)11-5-6-15-8-12(11)17/h1-6,8,17H,7H2,(H,16,18). The third-order valence-corrected chi connectivity index (χ3v) is 2.41. The molecule has 0 saturated heterocycles. The Bertz CT molecular complexity index is 555. The summed E-state index contributed by atoms with van der Waals surface area (Å²) in [5.41, 5.74) is 0.936. The predicted octanol–water partition coefficient (Wildman–Crippen LogP) is 1.86. The minimum absolute atomic E-state index is 0.159. The van der Waals surface area contributed by atoms with E-state index in [0.717, 1.165) is 5.56 Å². The van der Waals surface area contributed by atoms with Gasteiger partial charge in [0.25, 0.3) is 5.91 Å². The summed E-state index contributed by atoms with van der Waals surface area (Å²) in [6.45, 7) is 0.265. The Labute approximate surface area is 103 Å². The third-order valence-electron chi connectivity index (χ3n) is 2.41. The highest BCUT2D eigenvalue weighted by Gasteiger charge is 2.09. The number of hydrogen-bond acceptors (Lipinski definition) is 3. The van der Waals surface area contributed by atoms with Crippen molar-refractivity contribution in [1.82, 2.24) is 10.3 Å². The average molecular weight is 246 g/mol. The molecule has 0 radical (unpaired) electrons. The van der Waals surface area contributed by atoms with Gasteiger partial charge in [-0.2, -0.15) is 0 Å². The summed E-state index contributed by atoms with van der Waals surface area (Å²) in [6, 6.07) is 7.25. The van der Waals surface area contributed by atoms with Crippen molar-refractivity contribution < 1.29 is 14.3 Å². The van der Waals surface area contributed by atoms with Gasteiger partial charge in [-0.15, -0.1) is 0 Å². The SMILES string of the molecule is O=C(NCc1ccc(F)cc1)c1ccncc1O. The summed E-state index contributed by atoms with van der Waals surface area (Å²) < 4.78 is 12.7. The quantitative estimate of drug-likeness (QED) is 0.868. The molecule has 0 aliphatic heterocycles. The number of pyridine rings is 1. The van der Waals surface area contributed by atoms with Crippen LogP contribution in [0.3, 0.4) is 0 Å². The summed E-state index contributed by atoms with van der Waals surface area (Å²) >= 11 is 0. The van der Waals surface area contributed by atoms with Gasteiger partial charge >= 0.3 is 0 Å². The van der Waals surface area contributed by atoms with Gasteiger partial charge in [-0.3, -0.25) is 9.78 Å². The molecule has 1 aromatic carbocycles. The Kier molecular flexibility index (Phi) is 3.52. The van der Waals surface area contributed by atoms with Gasteiger partial charge in [0.15, 0.2) is 0 Å². The average Bonchev–Trinajstić information content (AvgIpc) is 2.38. The van der Waals surface area contributed by atoms with Crippen LogP contribution in [0.4, 0.5) is 4.39 Å². The smallest absolute Gasteiger partial charge is 0.255 e. The van der Waals surface area contributed by atoms with E-state index in [1.165, 1.54) is 30.6 Å². The van der Waals surface area contributed by atoms with E-state index in [4.69, 9.17) is 0 Å². The molecule has 0 aliphatic rings. The van der Waals surface area contributed by atoms with E-state index in [2.05, 4.69) is 10.3 Å². The Morgan fingerprint density at radius 3 is 2.67 bits per heavy atom. The first-order valence-corrected chi connectivity index (χ1v) is 5.32. The lowest BCUT2D eigenvalue weighted by Gasteiger charge is -2.06. The van der Waals surface area contributed by atoms with Crippen molar-refractivity contribution in [3.63, 3.8) is 0 Å². The zero-order valence-corrected chi connectivity index (χ0v) is 9.43. The summed E-state index contributed by atoms with van der Waals surface area (Å²) in [4.78, 5) is 15.4. The molecule has 0 spiro atoms. The molecule has 5 heteroatoms. The van der Waals surface area contributed by atoms with Crippen LogP contribution in [0.5, 0.6) is 5.75 Å². The van der Waals surface area contributed by atoms with Crippen LogP contribution in [0.25, 0.3) is 0 Å². The first kappa shape index (κ1) is 12.0. The number of benzene rings is 1. The number of aromatic hydroxyl groups is 1. The fraction of sp³-hybridized carbons (Fsp3) is 0.0769. The molecule has 4 nitrogen and oxygen atoms in total. The Morgan fingerprint density at radius 1 is 1.28 bits per heavy atom. The van der Waals surface area contributed by atoms with E-state index in [1.807, 2.05) is 0 Å². The highest BCUT2D eigenvalue weighted by molar-refractivity contribution is 5.96. The first-order valence-electron chi connectivity index (χ1n) is 5.32. The van der Waals surface area contributed by atoms with Gasteiger partial charge in [-0.25, -0.2) is 4.39 Å². The number of aromatic nitrogens is 1. The summed E-state index contributed by atoms with van der Waals surface area (Å²) in [5, 5.41) is 12.1. The van der Waals surface area contributed by atoms with Crippen LogP contribution in [0.1, 0.15) is 15.9 Å². The molecular weight excluding hydrogens is 235 g/mol. The Morgan fingerprint density at radius 2 is 2.00 bits per heavy atom. The number of carbonyl (C=O) groups is 1. The highest BCUT2D eigenvalue weighted by atomic mass is 19.1. The predicted molar refractivity (Wildman–Crippen MR) is 63.5 cm³/mol. The number of carbonyl (C=O) groups excluding carboxylic acids is 1. The van der Waals surface area contributed by atoms with Crippen molar-refractivity contribution in [2.75, 3.05) is 0 Å². The normalized spacial score (nSPS) is 10.1. The molecule has 1 heterocycles. The molecular formula is C13H11FN2O2. The van der Waals surface area contributed by atoms with E-state index in [9.17, 15) is 14.3 Å². The molecule has 0 atom stereocenters. The topological polar surface area (TPSA) is 62.2 Å². The number of nitrogens with zero attached hydrogens (tertiary/aromatic N) is 1. The maximum atomic E-state index is 12.7. The molecule has 0 aliphatic carbocycles. The molecule has 2 aromatic rings. The zero-order chi connectivity index (χ0) is 13.0. The number of amides is 1. The Balaban J connectivity index is 2.01. The van der Waals surface area contributed by atoms with Gasteiger partial charge in [-0.05, 0) is 23.8 Å². The number of hydrogen-bond donors (Lipinski definition) is 2. The molecule has 2 N–H and O–H groups in total. The minimum Gasteiger partial charge on any atom is -0.505 e.